The summed E-state index contributed by atoms with van der Waals surface area (Å²) in [4.78, 5) is 11.7. The van der Waals surface area contributed by atoms with E-state index in [1.54, 1.807) is 6.26 Å². The van der Waals surface area contributed by atoms with E-state index in [4.69, 9.17) is 9.40 Å². The molecule has 1 atom stereocenters. The lowest BCUT2D eigenvalue weighted by Crippen LogP contribution is -2.22. The second kappa shape index (κ2) is 5.24. The Balaban J connectivity index is 1.60. The van der Waals surface area contributed by atoms with Crippen molar-refractivity contribution in [3.8, 4) is 0 Å². The van der Waals surface area contributed by atoms with Crippen molar-refractivity contribution in [3.63, 3.8) is 0 Å². The molecule has 5 heteroatoms. The molecule has 4 rings (SSSR count). The third-order valence-electron chi connectivity index (χ3n) is 3.99. The molecular weight excluding hydrogens is 282 g/mol. The highest BCUT2D eigenvalue weighted by molar-refractivity contribution is 7.18. The number of rotatable bonds is 3. The predicted octanol–water partition coefficient (Wildman–Crippen LogP) is 3.93. The summed E-state index contributed by atoms with van der Waals surface area (Å²) < 4.78 is 6.59. The van der Waals surface area contributed by atoms with E-state index in [-0.39, 0.29) is 0 Å². The lowest BCUT2D eigenvalue weighted by atomic mass is 10.2. The van der Waals surface area contributed by atoms with Crippen LogP contribution >= 0.6 is 11.3 Å². The van der Waals surface area contributed by atoms with Crippen LogP contribution in [0.15, 0.2) is 34.9 Å². The first-order valence-corrected chi connectivity index (χ1v) is 8.12. The van der Waals surface area contributed by atoms with Crippen LogP contribution in [-0.4, -0.2) is 21.4 Å². The number of aromatic nitrogens is 2. The smallest absolute Gasteiger partial charge is 0.191 e. The van der Waals surface area contributed by atoms with Crippen molar-refractivity contribution in [1.29, 1.82) is 0 Å². The van der Waals surface area contributed by atoms with Crippen molar-refractivity contribution in [2.45, 2.75) is 32.4 Å². The van der Waals surface area contributed by atoms with Gasteiger partial charge in [-0.15, -0.1) is 11.3 Å². The number of benzene rings is 1. The minimum Gasteiger partial charge on any atom is -0.449 e. The van der Waals surface area contributed by atoms with Gasteiger partial charge in [-0.25, -0.2) is 9.97 Å². The van der Waals surface area contributed by atoms with Gasteiger partial charge in [0.05, 0.1) is 22.0 Å². The van der Waals surface area contributed by atoms with Crippen LogP contribution < -0.4 is 0 Å². The van der Waals surface area contributed by atoms with Crippen LogP contribution in [0.5, 0.6) is 0 Å². The fourth-order valence-corrected chi connectivity index (χ4v) is 4.15. The molecule has 0 bridgehead atoms. The molecule has 0 spiro atoms. The Morgan fingerprint density at radius 2 is 2.24 bits per heavy atom. The zero-order valence-electron chi connectivity index (χ0n) is 12.0. The van der Waals surface area contributed by atoms with Crippen LogP contribution in [0.1, 0.15) is 35.5 Å². The molecule has 0 aliphatic carbocycles. The van der Waals surface area contributed by atoms with Crippen LogP contribution in [-0.2, 0) is 6.54 Å². The quantitative estimate of drug-likeness (QED) is 0.735. The topological polar surface area (TPSA) is 42.2 Å². The SMILES string of the molecule is Cc1nc(CN2CCC[C@@H]2c2nc3ccccc3s2)co1. The van der Waals surface area contributed by atoms with Gasteiger partial charge in [0.25, 0.3) is 0 Å². The number of para-hydroxylation sites is 1. The average molecular weight is 299 g/mol. The van der Waals surface area contributed by atoms with Crippen molar-refractivity contribution in [3.05, 3.63) is 47.1 Å². The summed E-state index contributed by atoms with van der Waals surface area (Å²) in [6.07, 6.45) is 4.16. The van der Waals surface area contributed by atoms with Crippen molar-refractivity contribution in [2.75, 3.05) is 6.54 Å². The van der Waals surface area contributed by atoms with Gasteiger partial charge in [0.2, 0.25) is 0 Å². The van der Waals surface area contributed by atoms with Gasteiger partial charge in [-0.05, 0) is 31.5 Å². The summed E-state index contributed by atoms with van der Waals surface area (Å²) in [6.45, 7) is 3.84. The first-order valence-electron chi connectivity index (χ1n) is 7.30. The van der Waals surface area contributed by atoms with Crippen molar-refractivity contribution in [1.82, 2.24) is 14.9 Å². The Kier molecular flexibility index (Phi) is 3.24. The van der Waals surface area contributed by atoms with Gasteiger partial charge in [0, 0.05) is 13.5 Å². The van der Waals surface area contributed by atoms with Crippen LogP contribution in [0.25, 0.3) is 10.2 Å². The van der Waals surface area contributed by atoms with Gasteiger partial charge in [-0.1, -0.05) is 12.1 Å². The third kappa shape index (κ3) is 2.47. The Hall–Kier alpha value is -1.72. The number of oxazole rings is 1. The highest BCUT2D eigenvalue weighted by Crippen LogP contribution is 2.37. The van der Waals surface area contributed by atoms with E-state index < -0.39 is 0 Å². The van der Waals surface area contributed by atoms with Crippen LogP contribution in [0.4, 0.5) is 0 Å². The van der Waals surface area contributed by atoms with Crippen molar-refractivity contribution < 1.29 is 4.42 Å². The molecule has 108 valence electrons. The molecule has 2 aromatic heterocycles. The molecular formula is C16H17N3OS. The lowest BCUT2D eigenvalue weighted by Gasteiger charge is -2.21. The first-order chi connectivity index (χ1) is 10.3. The summed E-state index contributed by atoms with van der Waals surface area (Å²) in [6, 6.07) is 8.79. The molecule has 0 unspecified atom stereocenters. The zero-order valence-corrected chi connectivity index (χ0v) is 12.8. The highest BCUT2D eigenvalue weighted by Gasteiger charge is 2.29. The molecule has 0 saturated carbocycles. The molecule has 1 saturated heterocycles. The first kappa shape index (κ1) is 13.0. The number of thiazole rings is 1. The second-order valence-electron chi connectivity index (χ2n) is 5.51. The van der Waals surface area contributed by atoms with Gasteiger partial charge < -0.3 is 4.42 Å². The normalized spacial score (nSPS) is 19.6. The number of fused-ring (bicyclic) bond motifs is 1. The number of hydrogen-bond acceptors (Lipinski definition) is 5. The summed E-state index contributed by atoms with van der Waals surface area (Å²) in [5, 5.41) is 1.23. The van der Waals surface area contributed by atoms with E-state index >= 15 is 0 Å². The molecule has 1 aliphatic heterocycles. The molecule has 1 fully saturated rings. The summed E-state index contributed by atoms with van der Waals surface area (Å²) >= 11 is 1.82. The number of hydrogen-bond donors (Lipinski definition) is 0. The molecule has 3 heterocycles. The van der Waals surface area contributed by atoms with Crippen LogP contribution in [0.3, 0.4) is 0 Å². The largest absolute Gasteiger partial charge is 0.449 e. The van der Waals surface area contributed by atoms with Gasteiger partial charge in [0.15, 0.2) is 5.89 Å². The minimum absolute atomic E-state index is 0.416. The Bertz CT molecular complexity index is 731. The Morgan fingerprint density at radius 1 is 1.33 bits per heavy atom. The molecule has 21 heavy (non-hydrogen) atoms. The van der Waals surface area contributed by atoms with Gasteiger partial charge in [-0.2, -0.15) is 0 Å². The monoisotopic (exact) mass is 299 g/mol. The molecule has 1 aromatic carbocycles. The molecule has 0 radical (unpaired) electrons. The fourth-order valence-electron chi connectivity index (χ4n) is 3.02. The number of nitrogens with zero attached hydrogens (tertiary/aromatic N) is 3. The van der Waals surface area contributed by atoms with E-state index in [0.29, 0.717) is 6.04 Å². The maximum Gasteiger partial charge on any atom is 0.191 e. The average Bonchev–Trinajstić information content (AvgIpc) is 3.18. The molecule has 1 aliphatic rings. The van der Waals surface area contributed by atoms with E-state index in [1.807, 2.05) is 18.3 Å². The maximum atomic E-state index is 5.31. The van der Waals surface area contributed by atoms with Gasteiger partial charge in [-0.3, -0.25) is 4.90 Å². The van der Waals surface area contributed by atoms with E-state index in [2.05, 4.69) is 34.1 Å². The standard InChI is InChI=1S/C16H17N3OS/c1-11-17-12(10-20-11)9-19-8-4-6-14(19)16-18-13-5-2-3-7-15(13)21-16/h2-3,5,7,10,14H,4,6,8-9H2,1H3/t14-/m1/s1. The lowest BCUT2D eigenvalue weighted by molar-refractivity contribution is 0.245. The number of likely N-dealkylation sites (tertiary alicyclic amines) is 1. The second-order valence-corrected chi connectivity index (χ2v) is 6.57. The minimum atomic E-state index is 0.416. The fraction of sp³-hybridized carbons (Fsp3) is 0.375. The van der Waals surface area contributed by atoms with Gasteiger partial charge in [0.1, 0.15) is 11.3 Å². The number of aryl methyl sites for hydroxylation is 1. The maximum absolute atomic E-state index is 5.31. The Morgan fingerprint density at radius 3 is 3.05 bits per heavy atom. The molecule has 3 aromatic rings. The summed E-state index contributed by atoms with van der Waals surface area (Å²) in [7, 11) is 0. The predicted molar refractivity (Wildman–Crippen MR) is 83.2 cm³/mol. The van der Waals surface area contributed by atoms with Crippen LogP contribution in [0.2, 0.25) is 0 Å². The van der Waals surface area contributed by atoms with E-state index in [0.717, 1.165) is 30.2 Å². The summed E-state index contributed by atoms with van der Waals surface area (Å²) in [5.74, 6) is 0.737. The van der Waals surface area contributed by atoms with Crippen LogP contribution in [0, 0.1) is 6.92 Å². The highest BCUT2D eigenvalue weighted by atomic mass is 32.1. The van der Waals surface area contributed by atoms with Crippen molar-refractivity contribution >= 4 is 21.6 Å². The molecule has 0 N–H and O–H groups in total. The van der Waals surface area contributed by atoms with Gasteiger partial charge >= 0.3 is 0 Å². The molecule has 4 nitrogen and oxygen atoms in total. The zero-order chi connectivity index (χ0) is 14.2. The third-order valence-corrected chi connectivity index (χ3v) is 5.13. The van der Waals surface area contributed by atoms with E-state index in [9.17, 15) is 0 Å². The summed E-state index contributed by atoms with van der Waals surface area (Å²) in [5.41, 5.74) is 2.13. The van der Waals surface area contributed by atoms with Crippen molar-refractivity contribution in [2.24, 2.45) is 0 Å². The molecule has 0 amide bonds. The Labute approximate surface area is 127 Å². The van der Waals surface area contributed by atoms with E-state index in [1.165, 1.54) is 22.5 Å².